The minimum atomic E-state index is -0.483. The molecule has 0 unspecified atom stereocenters. The Labute approximate surface area is 84.1 Å². The summed E-state index contributed by atoms with van der Waals surface area (Å²) in [5.74, 6) is 0.280. The van der Waals surface area contributed by atoms with Gasteiger partial charge in [-0.1, -0.05) is 26.0 Å². The molecule has 2 fully saturated rings. The van der Waals surface area contributed by atoms with Crippen LogP contribution in [0.3, 0.4) is 0 Å². The fourth-order valence-electron chi connectivity index (χ4n) is 3.25. The third-order valence-corrected chi connectivity index (χ3v) is 4.43. The van der Waals surface area contributed by atoms with Gasteiger partial charge in [0.25, 0.3) is 5.91 Å². The molecule has 2 aliphatic carbocycles. The lowest BCUT2D eigenvalue weighted by atomic mass is 9.68. The van der Waals surface area contributed by atoms with E-state index in [1.165, 1.54) is 0 Å². The highest BCUT2D eigenvalue weighted by Crippen LogP contribution is 2.65. The van der Waals surface area contributed by atoms with Crippen molar-refractivity contribution in [3.8, 4) is 0 Å². The Morgan fingerprint density at radius 3 is 2.71 bits per heavy atom. The summed E-state index contributed by atoms with van der Waals surface area (Å²) in [6.45, 7) is 8.35. The topological polar surface area (TPSA) is 49.3 Å². The van der Waals surface area contributed by atoms with Gasteiger partial charge < -0.3 is 0 Å². The molecule has 0 aromatic carbocycles. The summed E-state index contributed by atoms with van der Waals surface area (Å²) in [4.78, 5) is 11.7. The molecule has 0 aliphatic heterocycles. The van der Waals surface area contributed by atoms with E-state index < -0.39 is 5.41 Å². The number of hydrogen-bond donors (Lipinski definition) is 2. The minimum absolute atomic E-state index is 0.0464. The molecule has 2 saturated carbocycles. The number of hydroxylamine groups is 1. The second kappa shape index (κ2) is 2.60. The largest absolute Gasteiger partial charge is 0.289 e. The van der Waals surface area contributed by atoms with Crippen molar-refractivity contribution in [2.45, 2.75) is 33.1 Å². The molecule has 2 N–H and O–H groups in total. The maximum atomic E-state index is 11.7. The molecule has 2 rings (SSSR count). The minimum Gasteiger partial charge on any atom is -0.289 e. The van der Waals surface area contributed by atoms with Crippen molar-refractivity contribution in [1.29, 1.82) is 0 Å². The molecule has 2 bridgehead atoms. The Bertz CT molecular complexity index is 308. The zero-order valence-electron chi connectivity index (χ0n) is 8.76. The van der Waals surface area contributed by atoms with Gasteiger partial charge in [-0.2, -0.15) is 0 Å². The first-order valence-corrected chi connectivity index (χ1v) is 5.09. The Balaban J connectivity index is 2.40. The molecule has 0 aromatic heterocycles. The number of hydrogen-bond acceptors (Lipinski definition) is 2. The van der Waals surface area contributed by atoms with Crippen molar-refractivity contribution >= 4 is 5.91 Å². The van der Waals surface area contributed by atoms with Gasteiger partial charge >= 0.3 is 0 Å². The van der Waals surface area contributed by atoms with Gasteiger partial charge in [-0.25, -0.2) is 5.48 Å². The SMILES string of the molecule is C=C1C(C)(C)[C@H]2CC[C@@]1(C(=O)NO)C2. The van der Waals surface area contributed by atoms with E-state index in [0.29, 0.717) is 5.92 Å². The van der Waals surface area contributed by atoms with E-state index in [1.807, 2.05) is 0 Å². The number of rotatable bonds is 1. The molecule has 2 aliphatic rings. The molecule has 14 heavy (non-hydrogen) atoms. The van der Waals surface area contributed by atoms with Crippen LogP contribution in [0.5, 0.6) is 0 Å². The van der Waals surface area contributed by atoms with E-state index in [1.54, 1.807) is 5.48 Å². The number of amides is 1. The predicted octanol–water partition coefficient (Wildman–Crippen LogP) is 1.87. The molecule has 3 nitrogen and oxygen atoms in total. The average Bonchev–Trinajstić information content (AvgIpc) is 2.66. The smallest absolute Gasteiger partial charge is 0.253 e. The summed E-state index contributed by atoms with van der Waals surface area (Å²) < 4.78 is 0. The van der Waals surface area contributed by atoms with Gasteiger partial charge in [0.2, 0.25) is 0 Å². The molecule has 2 atom stereocenters. The van der Waals surface area contributed by atoms with E-state index in [4.69, 9.17) is 5.21 Å². The molecule has 0 heterocycles. The molecular formula is C11H17NO2. The Morgan fingerprint density at radius 2 is 2.29 bits per heavy atom. The summed E-state index contributed by atoms with van der Waals surface area (Å²) in [5.41, 5.74) is 2.35. The number of fused-ring (bicyclic) bond motifs is 2. The van der Waals surface area contributed by atoms with Crippen LogP contribution < -0.4 is 5.48 Å². The van der Waals surface area contributed by atoms with E-state index in [2.05, 4.69) is 20.4 Å². The summed E-state index contributed by atoms with van der Waals surface area (Å²) in [6.07, 6.45) is 2.76. The lowest BCUT2D eigenvalue weighted by Gasteiger charge is -2.36. The molecular weight excluding hydrogens is 178 g/mol. The van der Waals surface area contributed by atoms with E-state index in [-0.39, 0.29) is 11.3 Å². The zero-order chi connectivity index (χ0) is 10.6. The second-order valence-corrected chi connectivity index (χ2v) is 5.16. The Morgan fingerprint density at radius 1 is 1.64 bits per heavy atom. The quantitative estimate of drug-likeness (QED) is 0.381. The Kier molecular flexibility index (Phi) is 1.80. The van der Waals surface area contributed by atoms with Crippen LogP contribution in [0.25, 0.3) is 0 Å². The number of nitrogens with one attached hydrogen (secondary N) is 1. The van der Waals surface area contributed by atoms with Crippen LogP contribution in [0.15, 0.2) is 12.2 Å². The van der Waals surface area contributed by atoms with E-state index in [9.17, 15) is 4.79 Å². The van der Waals surface area contributed by atoms with Crippen molar-refractivity contribution in [2.75, 3.05) is 0 Å². The van der Waals surface area contributed by atoms with Crippen LogP contribution in [0.4, 0.5) is 0 Å². The van der Waals surface area contributed by atoms with Crippen LogP contribution in [0.1, 0.15) is 33.1 Å². The third-order valence-electron chi connectivity index (χ3n) is 4.43. The summed E-state index contributed by atoms with van der Waals surface area (Å²) in [5, 5.41) is 8.76. The first-order valence-electron chi connectivity index (χ1n) is 5.09. The summed E-state index contributed by atoms with van der Waals surface area (Å²) in [7, 11) is 0. The maximum absolute atomic E-state index is 11.7. The molecule has 1 amide bonds. The van der Waals surface area contributed by atoms with E-state index >= 15 is 0 Å². The van der Waals surface area contributed by atoms with Crippen LogP contribution in [0, 0.1) is 16.7 Å². The van der Waals surface area contributed by atoms with Crippen molar-refractivity contribution in [1.82, 2.24) is 5.48 Å². The normalized spacial score (nSPS) is 38.8. The highest BCUT2D eigenvalue weighted by atomic mass is 16.5. The van der Waals surface area contributed by atoms with Gasteiger partial charge in [0.15, 0.2) is 0 Å². The second-order valence-electron chi connectivity index (χ2n) is 5.16. The first-order chi connectivity index (χ1) is 6.45. The third kappa shape index (κ3) is 0.883. The molecule has 0 spiro atoms. The van der Waals surface area contributed by atoms with Gasteiger partial charge in [0, 0.05) is 0 Å². The van der Waals surface area contributed by atoms with Gasteiger partial charge in [0.05, 0.1) is 5.41 Å². The van der Waals surface area contributed by atoms with Crippen molar-refractivity contribution in [2.24, 2.45) is 16.7 Å². The molecule has 0 saturated heterocycles. The fourth-order valence-corrected chi connectivity index (χ4v) is 3.25. The molecule has 3 heteroatoms. The Hall–Kier alpha value is -0.830. The summed E-state index contributed by atoms with van der Waals surface area (Å²) >= 11 is 0. The lowest BCUT2D eigenvalue weighted by molar-refractivity contribution is -0.137. The van der Waals surface area contributed by atoms with Gasteiger partial charge in [-0.15, -0.1) is 0 Å². The highest BCUT2D eigenvalue weighted by molar-refractivity contribution is 5.86. The van der Waals surface area contributed by atoms with Crippen LogP contribution in [-0.2, 0) is 4.79 Å². The molecule has 0 radical (unpaired) electrons. The van der Waals surface area contributed by atoms with Crippen LogP contribution in [0.2, 0.25) is 0 Å². The zero-order valence-corrected chi connectivity index (χ0v) is 8.76. The standard InChI is InChI=1S/C11H17NO2/c1-7-10(2,3)8-4-5-11(7,6-8)9(13)12-14/h8,14H,1,4-6H2,2-3H3,(H,12,13)/t8-,11+/m0/s1. The monoisotopic (exact) mass is 195 g/mol. The van der Waals surface area contributed by atoms with Crippen molar-refractivity contribution in [3.63, 3.8) is 0 Å². The van der Waals surface area contributed by atoms with Crippen molar-refractivity contribution in [3.05, 3.63) is 12.2 Å². The van der Waals surface area contributed by atoms with Gasteiger partial charge in [-0.3, -0.25) is 10.0 Å². The van der Waals surface area contributed by atoms with Crippen LogP contribution >= 0.6 is 0 Å². The first kappa shape index (κ1) is 9.71. The van der Waals surface area contributed by atoms with Gasteiger partial charge in [0.1, 0.15) is 0 Å². The molecule has 0 aromatic rings. The lowest BCUT2D eigenvalue weighted by Crippen LogP contribution is -2.40. The molecule has 78 valence electrons. The predicted molar refractivity (Wildman–Crippen MR) is 52.6 cm³/mol. The average molecular weight is 195 g/mol. The number of carbonyl (C=O) groups is 1. The fraction of sp³-hybridized carbons (Fsp3) is 0.727. The maximum Gasteiger partial charge on any atom is 0.253 e. The highest BCUT2D eigenvalue weighted by Gasteiger charge is 2.60. The summed E-state index contributed by atoms with van der Waals surface area (Å²) in [6, 6.07) is 0. The van der Waals surface area contributed by atoms with Crippen molar-refractivity contribution < 1.29 is 10.0 Å². The van der Waals surface area contributed by atoms with E-state index in [0.717, 1.165) is 24.8 Å². The number of carbonyl (C=O) groups excluding carboxylic acids is 1. The van der Waals surface area contributed by atoms with Gasteiger partial charge in [-0.05, 0) is 30.6 Å². The van der Waals surface area contributed by atoms with Crippen LogP contribution in [-0.4, -0.2) is 11.1 Å².